The Morgan fingerprint density at radius 2 is 2.00 bits per heavy atom. The summed E-state index contributed by atoms with van der Waals surface area (Å²) in [7, 11) is 1.95. The maximum absolute atomic E-state index is 12.5. The highest BCUT2D eigenvalue weighted by Crippen LogP contribution is 2.33. The second-order valence-corrected chi connectivity index (χ2v) is 7.58. The summed E-state index contributed by atoms with van der Waals surface area (Å²) >= 11 is 0. The lowest BCUT2D eigenvalue weighted by Gasteiger charge is -2.44. The quantitative estimate of drug-likeness (QED) is 0.811. The van der Waals surface area contributed by atoms with E-state index < -0.39 is 0 Å². The first-order valence-corrected chi connectivity index (χ1v) is 9.32. The number of fused-ring (bicyclic) bond motifs is 1. The van der Waals surface area contributed by atoms with Crippen LogP contribution < -0.4 is 0 Å². The number of nitrogens with zero attached hydrogens (tertiary/aromatic N) is 4. The van der Waals surface area contributed by atoms with Gasteiger partial charge in [-0.1, -0.05) is 0 Å². The van der Waals surface area contributed by atoms with Crippen molar-refractivity contribution in [1.29, 1.82) is 0 Å². The van der Waals surface area contributed by atoms with Gasteiger partial charge in [0.15, 0.2) is 0 Å². The molecule has 6 heteroatoms. The van der Waals surface area contributed by atoms with Crippen molar-refractivity contribution < 1.29 is 9.59 Å². The van der Waals surface area contributed by atoms with E-state index in [2.05, 4.69) is 9.88 Å². The Hall–Kier alpha value is -1.95. The van der Waals surface area contributed by atoms with Gasteiger partial charge in [-0.25, -0.2) is 0 Å². The minimum absolute atomic E-state index is 0.0910. The summed E-state index contributed by atoms with van der Waals surface area (Å²) in [6.45, 7) is 3.71. The fourth-order valence-electron chi connectivity index (χ4n) is 4.75. The van der Waals surface area contributed by atoms with Gasteiger partial charge in [-0.2, -0.15) is 0 Å². The SMILES string of the molecule is CN1C(=O)C[C@@H]2CN(C3CCN(C(=O)c4cccnc4)CC3)CC[C@@H]21. The Balaban J connectivity index is 1.32. The molecule has 0 aliphatic carbocycles. The van der Waals surface area contributed by atoms with Crippen LogP contribution in [0.25, 0.3) is 0 Å². The summed E-state index contributed by atoms with van der Waals surface area (Å²) < 4.78 is 0. The number of pyridine rings is 1. The van der Waals surface area contributed by atoms with Gasteiger partial charge < -0.3 is 9.80 Å². The number of carbonyl (C=O) groups excluding carboxylic acids is 2. The Morgan fingerprint density at radius 1 is 1.20 bits per heavy atom. The van der Waals surface area contributed by atoms with Crippen LogP contribution in [0, 0.1) is 5.92 Å². The molecule has 0 bridgehead atoms. The summed E-state index contributed by atoms with van der Waals surface area (Å²) in [5.74, 6) is 0.878. The molecule has 0 radical (unpaired) electrons. The highest BCUT2D eigenvalue weighted by atomic mass is 16.2. The van der Waals surface area contributed by atoms with Crippen LogP contribution in [-0.2, 0) is 4.79 Å². The molecule has 0 spiro atoms. The highest BCUT2D eigenvalue weighted by molar-refractivity contribution is 5.93. The lowest BCUT2D eigenvalue weighted by atomic mass is 9.90. The minimum atomic E-state index is 0.0910. The second-order valence-electron chi connectivity index (χ2n) is 7.58. The van der Waals surface area contributed by atoms with E-state index in [1.807, 2.05) is 29.0 Å². The Kier molecular flexibility index (Phi) is 4.46. The molecule has 3 aliphatic rings. The first-order valence-electron chi connectivity index (χ1n) is 9.32. The summed E-state index contributed by atoms with van der Waals surface area (Å²) in [4.78, 5) is 35.0. The van der Waals surface area contributed by atoms with Gasteiger partial charge in [-0.15, -0.1) is 0 Å². The van der Waals surface area contributed by atoms with Crippen LogP contribution in [0.15, 0.2) is 24.5 Å². The fraction of sp³-hybridized carbons (Fsp3) is 0.632. The van der Waals surface area contributed by atoms with Crippen LogP contribution in [0.2, 0.25) is 0 Å². The van der Waals surface area contributed by atoms with E-state index in [1.165, 1.54) is 0 Å². The molecule has 0 aromatic carbocycles. The van der Waals surface area contributed by atoms with Crippen LogP contribution in [0.1, 0.15) is 36.0 Å². The lowest BCUT2D eigenvalue weighted by molar-refractivity contribution is -0.127. The zero-order chi connectivity index (χ0) is 17.4. The Labute approximate surface area is 148 Å². The number of rotatable bonds is 2. The van der Waals surface area contributed by atoms with Crippen LogP contribution in [0.4, 0.5) is 0 Å². The third-order valence-electron chi connectivity index (χ3n) is 6.23. The molecule has 1 aromatic rings. The molecule has 0 N–H and O–H groups in total. The van der Waals surface area contributed by atoms with Crippen molar-refractivity contribution in [2.24, 2.45) is 5.92 Å². The molecule has 4 rings (SSSR count). The average Bonchev–Trinajstić information content (AvgIpc) is 2.95. The second kappa shape index (κ2) is 6.75. The number of amides is 2. The van der Waals surface area contributed by atoms with Crippen molar-refractivity contribution in [3.63, 3.8) is 0 Å². The molecule has 0 saturated carbocycles. The zero-order valence-corrected chi connectivity index (χ0v) is 14.8. The monoisotopic (exact) mass is 342 g/mol. The van der Waals surface area contributed by atoms with Crippen LogP contribution in [-0.4, -0.2) is 76.8 Å². The summed E-state index contributed by atoms with van der Waals surface area (Å²) in [6.07, 6.45) is 7.17. The first kappa shape index (κ1) is 16.5. The maximum Gasteiger partial charge on any atom is 0.255 e. The van der Waals surface area contributed by atoms with Crippen molar-refractivity contribution in [2.75, 3.05) is 33.2 Å². The summed E-state index contributed by atoms with van der Waals surface area (Å²) in [5.41, 5.74) is 0.675. The van der Waals surface area contributed by atoms with Crippen molar-refractivity contribution in [2.45, 2.75) is 37.8 Å². The number of carbonyl (C=O) groups is 2. The number of likely N-dealkylation sites (tertiary alicyclic amines) is 3. The fourth-order valence-corrected chi connectivity index (χ4v) is 4.75. The van der Waals surface area contributed by atoms with Crippen LogP contribution >= 0.6 is 0 Å². The topological polar surface area (TPSA) is 56.8 Å². The molecule has 6 nitrogen and oxygen atoms in total. The van der Waals surface area contributed by atoms with Crippen LogP contribution in [0.3, 0.4) is 0 Å². The molecule has 4 heterocycles. The van der Waals surface area contributed by atoms with Crippen molar-refractivity contribution >= 4 is 11.8 Å². The Morgan fingerprint density at radius 3 is 2.72 bits per heavy atom. The molecule has 0 unspecified atom stereocenters. The van der Waals surface area contributed by atoms with Crippen molar-refractivity contribution in [3.8, 4) is 0 Å². The lowest BCUT2D eigenvalue weighted by Crippen LogP contribution is -2.52. The highest BCUT2D eigenvalue weighted by Gasteiger charge is 2.42. The van der Waals surface area contributed by atoms with Gasteiger partial charge in [0.25, 0.3) is 5.91 Å². The molecular weight excluding hydrogens is 316 g/mol. The van der Waals surface area contributed by atoms with E-state index >= 15 is 0 Å². The van der Waals surface area contributed by atoms with Gasteiger partial charge >= 0.3 is 0 Å². The maximum atomic E-state index is 12.5. The molecular formula is C19H26N4O2. The molecule has 134 valence electrons. The van der Waals surface area contributed by atoms with E-state index in [0.717, 1.165) is 45.4 Å². The van der Waals surface area contributed by atoms with Gasteiger partial charge in [0.1, 0.15) is 0 Å². The number of hydrogen-bond donors (Lipinski definition) is 0. The molecule has 25 heavy (non-hydrogen) atoms. The summed E-state index contributed by atoms with van der Waals surface area (Å²) in [6, 6.07) is 4.63. The predicted molar refractivity (Wildman–Crippen MR) is 94.0 cm³/mol. The van der Waals surface area contributed by atoms with Gasteiger partial charge in [0.05, 0.1) is 5.56 Å². The van der Waals surface area contributed by atoms with Gasteiger partial charge in [0.2, 0.25) is 5.91 Å². The molecule has 1 aromatic heterocycles. The van der Waals surface area contributed by atoms with E-state index in [-0.39, 0.29) is 5.91 Å². The van der Waals surface area contributed by atoms with Crippen molar-refractivity contribution in [3.05, 3.63) is 30.1 Å². The van der Waals surface area contributed by atoms with Crippen molar-refractivity contribution in [1.82, 2.24) is 19.7 Å². The smallest absolute Gasteiger partial charge is 0.255 e. The third kappa shape index (κ3) is 3.15. The molecule has 3 fully saturated rings. The minimum Gasteiger partial charge on any atom is -0.342 e. The van der Waals surface area contributed by atoms with Gasteiger partial charge in [-0.3, -0.25) is 19.5 Å². The standard InChI is InChI=1S/C19H26N4O2/c1-21-17-6-10-23(13-15(17)11-18(21)24)16-4-8-22(9-5-16)19(25)14-3-2-7-20-12-14/h2-3,7,12,15-17H,4-6,8-11,13H2,1H3/t15-,17+/m1/s1. The molecule has 3 aliphatic heterocycles. The number of piperidine rings is 2. The molecule has 2 atom stereocenters. The van der Waals surface area contributed by atoms with Gasteiger partial charge in [0, 0.05) is 70.0 Å². The Bertz CT molecular complexity index is 642. The number of aromatic nitrogens is 1. The first-order chi connectivity index (χ1) is 12.1. The van der Waals surface area contributed by atoms with E-state index in [1.54, 1.807) is 12.4 Å². The largest absolute Gasteiger partial charge is 0.342 e. The van der Waals surface area contributed by atoms with Gasteiger partial charge in [-0.05, 0) is 31.4 Å². The molecule has 3 saturated heterocycles. The van der Waals surface area contributed by atoms with E-state index in [4.69, 9.17) is 0 Å². The number of hydrogen-bond acceptors (Lipinski definition) is 4. The van der Waals surface area contributed by atoms with E-state index in [0.29, 0.717) is 35.9 Å². The molecule has 2 amide bonds. The normalized spacial score (nSPS) is 28.3. The third-order valence-corrected chi connectivity index (χ3v) is 6.23. The predicted octanol–water partition coefficient (Wildman–Crippen LogP) is 1.24. The van der Waals surface area contributed by atoms with Crippen LogP contribution in [0.5, 0.6) is 0 Å². The van der Waals surface area contributed by atoms with E-state index in [9.17, 15) is 9.59 Å². The average molecular weight is 342 g/mol. The summed E-state index contributed by atoms with van der Waals surface area (Å²) in [5, 5.41) is 0. The zero-order valence-electron chi connectivity index (χ0n) is 14.8.